The van der Waals surface area contributed by atoms with Gasteiger partial charge in [0, 0.05) is 12.6 Å². The van der Waals surface area contributed by atoms with Crippen molar-refractivity contribution in [1.29, 1.82) is 0 Å². The van der Waals surface area contributed by atoms with E-state index in [2.05, 4.69) is 25.8 Å². The van der Waals surface area contributed by atoms with Crippen molar-refractivity contribution >= 4 is 12.0 Å². The monoisotopic (exact) mass is 505 g/mol. The summed E-state index contributed by atoms with van der Waals surface area (Å²) in [5, 5.41) is 25.0. The van der Waals surface area contributed by atoms with E-state index in [0.29, 0.717) is 54.5 Å². The Morgan fingerprint density at radius 2 is 1.92 bits per heavy atom. The first kappa shape index (κ1) is 25.8. The van der Waals surface area contributed by atoms with Crippen LogP contribution < -0.4 is 10.1 Å². The van der Waals surface area contributed by atoms with Crippen molar-refractivity contribution in [1.82, 2.24) is 30.1 Å². The van der Waals surface area contributed by atoms with E-state index < -0.39 is 11.9 Å². The quantitative estimate of drug-likeness (QED) is 0.282. The fourth-order valence-electron chi connectivity index (χ4n) is 3.97. The normalized spacial score (nSPS) is 12.8. The van der Waals surface area contributed by atoms with Crippen molar-refractivity contribution in [3.05, 3.63) is 53.9 Å². The van der Waals surface area contributed by atoms with Gasteiger partial charge in [-0.15, -0.1) is 5.10 Å². The summed E-state index contributed by atoms with van der Waals surface area (Å²) in [7, 11) is 1.81. The third kappa shape index (κ3) is 6.11. The lowest BCUT2D eigenvalue weighted by atomic mass is 9.97. The molecule has 37 heavy (non-hydrogen) atoms. The molecule has 0 radical (unpaired) electrons. The van der Waals surface area contributed by atoms with Gasteiger partial charge < -0.3 is 19.7 Å². The molecular formula is C26H31N7O4. The zero-order valence-corrected chi connectivity index (χ0v) is 21.4. The van der Waals surface area contributed by atoms with E-state index in [0.717, 1.165) is 11.3 Å². The summed E-state index contributed by atoms with van der Waals surface area (Å²) in [6.45, 7) is 6.07. The number of carbonyl (C=O) groups is 1. The van der Waals surface area contributed by atoms with Crippen LogP contribution in [-0.2, 0) is 18.4 Å². The van der Waals surface area contributed by atoms with Gasteiger partial charge in [0.2, 0.25) is 5.82 Å². The Morgan fingerprint density at radius 3 is 2.59 bits per heavy atom. The molecule has 2 atom stereocenters. The van der Waals surface area contributed by atoms with Crippen molar-refractivity contribution in [2.24, 2.45) is 13.0 Å². The third-order valence-corrected chi connectivity index (χ3v) is 6.23. The lowest BCUT2D eigenvalue weighted by molar-refractivity contribution is -0.142. The average molecular weight is 506 g/mol. The minimum atomic E-state index is -0.796. The van der Waals surface area contributed by atoms with Crippen molar-refractivity contribution in [2.75, 3.05) is 5.32 Å². The van der Waals surface area contributed by atoms with E-state index in [1.807, 2.05) is 63.2 Å². The van der Waals surface area contributed by atoms with Gasteiger partial charge in [-0.05, 0) is 38.3 Å². The highest BCUT2D eigenvalue weighted by atomic mass is 16.5. The number of rotatable bonds is 12. The highest BCUT2D eigenvalue weighted by Gasteiger charge is 2.22. The molecule has 3 aromatic heterocycles. The molecule has 0 amide bonds. The summed E-state index contributed by atoms with van der Waals surface area (Å²) in [5.74, 6) is -0.109. The fourth-order valence-corrected chi connectivity index (χ4v) is 3.97. The van der Waals surface area contributed by atoms with Crippen molar-refractivity contribution in [3.63, 3.8) is 0 Å². The Morgan fingerprint density at radius 1 is 1.14 bits per heavy atom. The Bertz CT molecular complexity index is 1340. The molecule has 0 aliphatic heterocycles. The standard InChI is InChI=1S/C26H31N7O4/c1-5-17(25(34)35)14-19(6-2)36-22-13-12-20(28-16(22)3)23-21(33(4)32-30-23)15-27-26-29-24(31-37-26)18-10-8-7-9-11-18/h7-13,17,19H,5-6,14-15H2,1-4H3,(H,34,35)(H,27,29,31)/t17-,19-/m0/s1. The van der Waals surface area contributed by atoms with E-state index in [-0.39, 0.29) is 12.1 Å². The molecule has 194 valence electrons. The second-order valence-electron chi connectivity index (χ2n) is 8.76. The van der Waals surface area contributed by atoms with Crippen LogP contribution in [0.1, 0.15) is 44.5 Å². The van der Waals surface area contributed by atoms with E-state index in [1.54, 1.807) is 11.7 Å². The molecule has 2 N–H and O–H groups in total. The van der Waals surface area contributed by atoms with Crippen LogP contribution >= 0.6 is 0 Å². The Balaban J connectivity index is 1.47. The van der Waals surface area contributed by atoms with Crippen LogP contribution in [0.15, 0.2) is 47.0 Å². The molecule has 0 aliphatic rings. The van der Waals surface area contributed by atoms with Crippen LogP contribution in [0, 0.1) is 12.8 Å². The number of hydrogen-bond donors (Lipinski definition) is 2. The zero-order chi connectivity index (χ0) is 26.4. The van der Waals surface area contributed by atoms with Crippen molar-refractivity contribution < 1.29 is 19.2 Å². The summed E-state index contributed by atoms with van der Waals surface area (Å²) in [5.41, 5.74) is 3.61. The maximum Gasteiger partial charge on any atom is 0.322 e. The van der Waals surface area contributed by atoms with Gasteiger partial charge in [-0.25, -0.2) is 9.67 Å². The Hall–Kier alpha value is -4.28. The number of hydrogen-bond acceptors (Lipinski definition) is 9. The third-order valence-electron chi connectivity index (χ3n) is 6.23. The molecule has 0 spiro atoms. The predicted molar refractivity (Wildman–Crippen MR) is 137 cm³/mol. The van der Waals surface area contributed by atoms with E-state index in [1.165, 1.54) is 0 Å². The summed E-state index contributed by atoms with van der Waals surface area (Å²) < 4.78 is 13.2. The van der Waals surface area contributed by atoms with Crippen LogP contribution in [0.25, 0.3) is 22.8 Å². The number of ether oxygens (including phenoxy) is 1. The summed E-state index contributed by atoms with van der Waals surface area (Å²) >= 11 is 0. The molecule has 0 bridgehead atoms. The predicted octanol–water partition coefficient (Wildman–Crippen LogP) is 4.51. The molecule has 0 fully saturated rings. The van der Waals surface area contributed by atoms with Crippen LogP contribution in [0.3, 0.4) is 0 Å². The number of aromatic nitrogens is 6. The number of carboxylic acid groups (broad SMARTS) is 1. The number of nitrogens with one attached hydrogen (secondary N) is 1. The van der Waals surface area contributed by atoms with Gasteiger partial charge in [-0.1, -0.05) is 54.5 Å². The molecule has 11 heteroatoms. The highest BCUT2D eigenvalue weighted by molar-refractivity contribution is 5.69. The molecule has 0 unspecified atom stereocenters. The minimum absolute atomic E-state index is 0.209. The number of aliphatic carboxylic acids is 1. The molecular weight excluding hydrogens is 474 g/mol. The lowest BCUT2D eigenvalue weighted by Gasteiger charge is -2.21. The molecule has 0 saturated carbocycles. The number of pyridine rings is 1. The van der Waals surface area contributed by atoms with Gasteiger partial charge in [0.25, 0.3) is 0 Å². The SMILES string of the molecule is CC[C@@H](C[C@H](CC)C(=O)O)Oc1ccc(-c2nnn(C)c2CNc2nc(-c3ccccc3)no2)nc1C. The Kier molecular flexibility index (Phi) is 8.11. The minimum Gasteiger partial charge on any atom is -0.489 e. The molecule has 11 nitrogen and oxygen atoms in total. The Labute approximate surface area is 214 Å². The molecule has 3 heterocycles. The molecule has 1 aromatic carbocycles. The average Bonchev–Trinajstić information content (AvgIpc) is 3.53. The van der Waals surface area contributed by atoms with Gasteiger partial charge in [0.15, 0.2) is 0 Å². The smallest absolute Gasteiger partial charge is 0.322 e. The van der Waals surface area contributed by atoms with Gasteiger partial charge in [0.1, 0.15) is 11.4 Å². The number of aryl methyl sites for hydroxylation is 2. The summed E-state index contributed by atoms with van der Waals surface area (Å²) in [4.78, 5) is 20.6. The number of benzene rings is 1. The van der Waals surface area contributed by atoms with Gasteiger partial charge in [-0.2, -0.15) is 4.98 Å². The van der Waals surface area contributed by atoms with E-state index >= 15 is 0 Å². The van der Waals surface area contributed by atoms with Gasteiger partial charge in [0.05, 0.1) is 35.6 Å². The molecule has 0 aliphatic carbocycles. The lowest BCUT2D eigenvalue weighted by Crippen LogP contribution is -2.24. The maximum absolute atomic E-state index is 11.4. The second-order valence-corrected chi connectivity index (χ2v) is 8.76. The fraction of sp³-hybridized carbons (Fsp3) is 0.385. The highest BCUT2D eigenvalue weighted by Crippen LogP contribution is 2.27. The summed E-state index contributed by atoms with van der Waals surface area (Å²) in [6, 6.07) is 13.5. The number of anilines is 1. The first-order chi connectivity index (χ1) is 17.9. The second kappa shape index (κ2) is 11.6. The van der Waals surface area contributed by atoms with Crippen LogP contribution in [-0.4, -0.2) is 47.3 Å². The number of nitrogens with zero attached hydrogens (tertiary/aromatic N) is 6. The van der Waals surface area contributed by atoms with Crippen LogP contribution in [0.5, 0.6) is 5.75 Å². The largest absolute Gasteiger partial charge is 0.489 e. The van der Waals surface area contributed by atoms with Crippen LogP contribution in [0.4, 0.5) is 6.01 Å². The molecule has 4 rings (SSSR count). The van der Waals surface area contributed by atoms with Crippen LogP contribution in [0.2, 0.25) is 0 Å². The topological polar surface area (TPSA) is 141 Å². The first-order valence-corrected chi connectivity index (χ1v) is 12.3. The summed E-state index contributed by atoms with van der Waals surface area (Å²) in [6.07, 6.45) is 1.50. The maximum atomic E-state index is 11.4. The molecule has 0 saturated heterocycles. The molecule has 4 aromatic rings. The van der Waals surface area contributed by atoms with Crippen molar-refractivity contribution in [3.8, 4) is 28.5 Å². The van der Waals surface area contributed by atoms with E-state index in [9.17, 15) is 9.90 Å². The van der Waals surface area contributed by atoms with Gasteiger partial charge in [-0.3, -0.25) is 4.79 Å². The number of carboxylic acids is 1. The zero-order valence-electron chi connectivity index (χ0n) is 21.4. The van der Waals surface area contributed by atoms with Crippen molar-refractivity contribution in [2.45, 2.75) is 52.7 Å². The van der Waals surface area contributed by atoms with Gasteiger partial charge >= 0.3 is 12.0 Å². The first-order valence-electron chi connectivity index (χ1n) is 12.3. The van der Waals surface area contributed by atoms with E-state index in [4.69, 9.17) is 14.2 Å².